The summed E-state index contributed by atoms with van der Waals surface area (Å²) >= 11 is 0. The maximum Gasteiger partial charge on any atom is 0.406 e. The van der Waals surface area contributed by atoms with Gasteiger partial charge in [-0.2, -0.15) is 0 Å². The number of carbonyl (C=O) groups is 1. The standard InChI is InChI=1S/C14H15NO2/c1-15-14(16)17-10-9-12-7-4-6-11-5-2-3-8-13(11)12/h2-8H,9-10H2,1H3,(H,15,16). The zero-order valence-corrected chi connectivity index (χ0v) is 9.77. The Morgan fingerprint density at radius 3 is 2.76 bits per heavy atom. The molecule has 0 unspecified atom stereocenters. The number of hydrogen-bond donors (Lipinski definition) is 1. The average molecular weight is 229 g/mol. The number of fused-ring (bicyclic) bond motifs is 1. The second-order valence-corrected chi connectivity index (χ2v) is 3.77. The van der Waals surface area contributed by atoms with Crippen molar-refractivity contribution in [2.24, 2.45) is 0 Å². The number of rotatable bonds is 3. The molecule has 0 saturated heterocycles. The monoisotopic (exact) mass is 229 g/mol. The van der Waals surface area contributed by atoms with Gasteiger partial charge in [-0.05, 0) is 16.3 Å². The minimum absolute atomic E-state index is 0.384. The van der Waals surface area contributed by atoms with Crippen molar-refractivity contribution in [3.63, 3.8) is 0 Å². The lowest BCUT2D eigenvalue weighted by Crippen LogP contribution is -2.20. The molecule has 0 heterocycles. The molecule has 0 bridgehead atoms. The first-order valence-corrected chi connectivity index (χ1v) is 5.62. The largest absolute Gasteiger partial charge is 0.449 e. The Morgan fingerprint density at radius 1 is 1.18 bits per heavy atom. The van der Waals surface area contributed by atoms with Crippen molar-refractivity contribution in [2.45, 2.75) is 6.42 Å². The van der Waals surface area contributed by atoms with Crippen molar-refractivity contribution in [2.75, 3.05) is 13.7 Å². The molecule has 0 aliphatic heterocycles. The van der Waals surface area contributed by atoms with Crippen molar-refractivity contribution in [3.8, 4) is 0 Å². The fraction of sp³-hybridized carbons (Fsp3) is 0.214. The van der Waals surface area contributed by atoms with Gasteiger partial charge in [0.2, 0.25) is 0 Å². The lowest BCUT2D eigenvalue weighted by Gasteiger charge is -2.07. The molecule has 0 aromatic heterocycles. The van der Waals surface area contributed by atoms with Crippen molar-refractivity contribution >= 4 is 16.9 Å². The van der Waals surface area contributed by atoms with Gasteiger partial charge in [0.25, 0.3) is 0 Å². The van der Waals surface area contributed by atoms with Gasteiger partial charge in [0, 0.05) is 13.5 Å². The zero-order valence-electron chi connectivity index (χ0n) is 9.77. The van der Waals surface area contributed by atoms with E-state index in [1.807, 2.05) is 18.2 Å². The maximum absolute atomic E-state index is 10.9. The predicted octanol–water partition coefficient (Wildman–Crippen LogP) is 2.74. The van der Waals surface area contributed by atoms with Crippen LogP contribution in [-0.2, 0) is 11.2 Å². The summed E-state index contributed by atoms with van der Waals surface area (Å²) < 4.78 is 4.99. The molecular formula is C14H15NO2. The molecule has 0 spiro atoms. The molecule has 3 nitrogen and oxygen atoms in total. The van der Waals surface area contributed by atoms with E-state index in [9.17, 15) is 4.79 Å². The number of benzene rings is 2. The summed E-state index contributed by atoms with van der Waals surface area (Å²) in [6.45, 7) is 0.397. The third-order valence-corrected chi connectivity index (χ3v) is 2.69. The second-order valence-electron chi connectivity index (χ2n) is 3.77. The fourth-order valence-corrected chi connectivity index (χ4v) is 1.84. The quantitative estimate of drug-likeness (QED) is 0.878. The summed E-state index contributed by atoms with van der Waals surface area (Å²) in [5.41, 5.74) is 1.20. The lowest BCUT2D eigenvalue weighted by molar-refractivity contribution is 0.150. The molecule has 2 aromatic rings. The highest BCUT2D eigenvalue weighted by Gasteiger charge is 2.02. The van der Waals surface area contributed by atoms with Crippen LogP contribution >= 0.6 is 0 Å². The Morgan fingerprint density at radius 2 is 1.94 bits per heavy atom. The summed E-state index contributed by atoms with van der Waals surface area (Å²) in [7, 11) is 1.56. The van der Waals surface area contributed by atoms with Gasteiger partial charge in [-0.15, -0.1) is 0 Å². The van der Waals surface area contributed by atoms with Crippen molar-refractivity contribution in [1.82, 2.24) is 5.32 Å². The van der Waals surface area contributed by atoms with Gasteiger partial charge in [-0.1, -0.05) is 42.5 Å². The second kappa shape index (κ2) is 5.34. The molecule has 0 fully saturated rings. The SMILES string of the molecule is CNC(=O)OCCc1cccc2ccccc12. The summed E-state index contributed by atoms with van der Waals surface area (Å²) in [5.74, 6) is 0. The Bertz CT molecular complexity index is 517. The predicted molar refractivity (Wildman–Crippen MR) is 68.1 cm³/mol. The zero-order chi connectivity index (χ0) is 12.1. The van der Waals surface area contributed by atoms with Crippen molar-refractivity contribution in [1.29, 1.82) is 0 Å². The molecule has 17 heavy (non-hydrogen) atoms. The lowest BCUT2D eigenvalue weighted by atomic mass is 10.0. The normalized spacial score (nSPS) is 10.2. The minimum atomic E-state index is -0.384. The van der Waals surface area contributed by atoms with Gasteiger partial charge in [0.05, 0.1) is 6.61 Å². The van der Waals surface area contributed by atoms with Crippen LogP contribution in [0, 0.1) is 0 Å². The molecule has 1 amide bonds. The first kappa shape index (κ1) is 11.5. The summed E-state index contributed by atoms with van der Waals surface area (Å²) in [4.78, 5) is 10.9. The van der Waals surface area contributed by atoms with Crippen LogP contribution in [0.2, 0.25) is 0 Å². The first-order chi connectivity index (χ1) is 8.31. The van der Waals surface area contributed by atoms with Crippen LogP contribution in [0.4, 0.5) is 4.79 Å². The average Bonchev–Trinajstić information content (AvgIpc) is 2.39. The molecule has 2 rings (SSSR count). The van der Waals surface area contributed by atoms with E-state index in [0.717, 1.165) is 6.42 Å². The van der Waals surface area contributed by atoms with Gasteiger partial charge in [0.1, 0.15) is 0 Å². The highest BCUT2D eigenvalue weighted by Crippen LogP contribution is 2.18. The van der Waals surface area contributed by atoms with E-state index in [0.29, 0.717) is 6.61 Å². The van der Waals surface area contributed by atoms with E-state index in [2.05, 4.69) is 29.6 Å². The highest BCUT2D eigenvalue weighted by molar-refractivity contribution is 5.85. The molecule has 1 N–H and O–H groups in total. The summed E-state index contributed by atoms with van der Waals surface area (Å²) in [6, 6.07) is 14.4. The topological polar surface area (TPSA) is 38.3 Å². The van der Waals surface area contributed by atoms with Crippen LogP contribution in [0.25, 0.3) is 10.8 Å². The molecule has 3 heteroatoms. The van der Waals surface area contributed by atoms with Crippen LogP contribution < -0.4 is 5.32 Å². The smallest absolute Gasteiger partial charge is 0.406 e. The van der Waals surface area contributed by atoms with Crippen LogP contribution in [-0.4, -0.2) is 19.7 Å². The Kier molecular flexibility index (Phi) is 3.60. The van der Waals surface area contributed by atoms with Gasteiger partial charge >= 0.3 is 6.09 Å². The number of hydrogen-bond acceptors (Lipinski definition) is 2. The number of alkyl carbamates (subject to hydrolysis) is 1. The van der Waals surface area contributed by atoms with E-state index in [1.54, 1.807) is 7.05 Å². The number of carbonyl (C=O) groups excluding carboxylic acids is 1. The molecule has 88 valence electrons. The van der Waals surface area contributed by atoms with Crippen LogP contribution in [0.5, 0.6) is 0 Å². The van der Waals surface area contributed by atoms with Gasteiger partial charge in [-0.25, -0.2) is 4.79 Å². The Hall–Kier alpha value is -2.03. The van der Waals surface area contributed by atoms with Crippen LogP contribution in [0.3, 0.4) is 0 Å². The maximum atomic E-state index is 10.9. The summed E-state index contributed by atoms with van der Waals surface area (Å²) in [5, 5.41) is 4.86. The van der Waals surface area contributed by atoms with Gasteiger partial charge in [0.15, 0.2) is 0 Å². The van der Waals surface area contributed by atoms with E-state index < -0.39 is 0 Å². The van der Waals surface area contributed by atoms with E-state index in [4.69, 9.17) is 4.74 Å². The highest BCUT2D eigenvalue weighted by atomic mass is 16.5. The first-order valence-electron chi connectivity index (χ1n) is 5.62. The molecule has 0 radical (unpaired) electrons. The molecule has 0 atom stereocenters. The number of nitrogens with one attached hydrogen (secondary N) is 1. The molecule has 0 aliphatic carbocycles. The molecular weight excluding hydrogens is 214 g/mol. The van der Waals surface area contributed by atoms with Gasteiger partial charge < -0.3 is 10.1 Å². The summed E-state index contributed by atoms with van der Waals surface area (Å²) in [6.07, 6.45) is 0.347. The van der Waals surface area contributed by atoms with Crippen molar-refractivity contribution in [3.05, 3.63) is 48.0 Å². The Balaban J connectivity index is 2.11. The van der Waals surface area contributed by atoms with Crippen molar-refractivity contribution < 1.29 is 9.53 Å². The number of amides is 1. The van der Waals surface area contributed by atoms with E-state index in [-0.39, 0.29) is 6.09 Å². The fourth-order valence-electron chi connectivity index (χ4n) is 1.84. The number of ether oxygens (including phenoxy) is 1. The van der Waals surface area contributed by atoms with Gasteiger partial charge in [-0.3, -0.25) is 0 Å². The minimum Gasteiger partial charge on any atom is -0.449 e. The van der Waals surface area contributed by atoms with Crippen LogP contribution in [0.1, 0.15) is 5.56 Å². The molecule has 0 aliphatic rings. The van der Waals surface area contributed by atoms with Crippen LogP contribution in [0.15, 0.2) is 42.5 Å². The molecule has 0 saturated carbocycles. The van der Waals surface area contributed by atoms with E-state index in [1.165, 1.54) is 16.3 Å². The third-order valence-electron chi connectivity index (χ3n) is 2.69. The third kappa shape index (κ3) is 2.75. The molecule has 2 aromatic carbocycles. The van der Waals surface area contributed by atoms with E-state index >= 15 is 0 Å². The Labute approximate surface area is 100 Å².